The molecule has 0 bridgehead atoms. The van der Waals surface area contributed by atoms with E-state index in [0.717, 1.165) is 28.9 Å². The van der Waals surface area contributed by atoms with E-state index in [0.29, 0.717) is 9.90 Å². The average molecular weight is 333 g/mol. The van der Waals surface area contributed by atoms with Crippen molar-refractivity contribution in [3.05, 3.63) is 34.9 Å². The highest BCUT2D eigenvalue weighted by molar-refractivity contribution is 7.71. The predicted octanol–water partition coefficient (Wildman–Crippen LogP) is 3.14. The number of aromatic amines is 1. The van der Waals surface area contributed by atoms with Gasteiger partial charge in [-0.2, -0.15) is 5.10 Å². The van der Waals surface area contributed by atoms with Gasteiger partial charge in [0.15, 0.2) is 9.90 Å². The highest BCUT2D eigenvalue weighted by Gasteiger charge is 2.12. The summed E-state index contributed by atoms with van der Waals surface area (Å²) in [7, 11) is 0. The van der Waals surface area contributed by atoms with Crippen LogP contribution in [0.2, 0.25) is 0 Å². The molecule has 22 heavy (non-hydrogen) atoms. The molecule has 8 heteroatoms. The monoisotopic (exact) mass is 333 g/mol. The van der Waals surface area contributed by atoms with E-state index in [2.05, 4.69) is 27.4 Å². The Kier molecular flexibility index (Phi) is 4.30. The van der Waals surface area contributed by atoms with Crippen LogP contribution >= 0.6 is 23.6 Å². The van der Waals surface area contributed by atoms with Crippen molar-refractivity contribution in [3.8, 4) is 0 Å². The zero-order valence-electron chi connectivity index (χ0n) is 12.0. The lowest BCUT2D eigenvalue weighted by Gasteiger charge is -2.05. The van der Waals surface area contributed by atoms with Crippen LogP contribution in [0.1, 0.15) is 19.2 Å². The summed E-state index contributed by atoms with van der Waals surface area (Å²) >= 11 is 6.63. The number of hydrogen-bond acceptors (Lipinski definition) is 5. The van der Waals surface area contributed by atoms with Gasteiger partial charge in [0.25, 0.3) is 0 Å². The Morgan fingerprint density at radius 2 is 2.27 bits per heavy atom. The first-order valence-corrected chi connectivity index (χ1v) is 8.19. The summed E-state index contributed by atoms with van der Waals surface area (Å²) in [5.41, 5.74) is 0.884. The Morgan fingerprint density at radius 3 is 3.05 bits per heavy atom. The molecule has 0 saturated carbocycles. The molecule has 0 fully saturated rings. The Labute approximate surface area is 136 Å². The van der Waals surface area contributed by atoms with Crippen molar-refractivity contribution < 1.29 is 4.79 Å². The lowest BCUT2D eigenvalue weighted by molar-refractivity contribution is -0.116. The normalized spacial score (nSPS) is 11.0. The van der Waals surface area contributed by atoms with E-state index in [1.54, 1.807) is 4.57 Å². The Bertz CT molecular complexity index is 830. The van der Waals surface area contributed by atoms with E-state index in [9.17, 15) is 4.79 Å². The van der Waals surface area contributed by atoms with Crippen molar-refractivity contribution in [3.63, 3.8) is 0 Å². The number of hydrogen-bond donors (Lipinski definition) is 2. The molecule has 0 atom stereocenters. The Morgan fingerprint density at radius 1 is 1.45 bits per heavy atom. The summed E-state index contributed by atoms with van der Waals surface area (Å²) < 4.78 is 3.23. The van der Waals surface area contributed by atoms with Gasteiger partial charge in [-0.1, -0.05) is 30.4 Å². The number of para-hydroxylation sites is 1. The maximum atomic E-state index is 12.2. The molecule has 6 nitrogen and oxygen atoms in total. The maximum Gasteiger partial charge on any atom is 0.246 e. The molecule has 0 radical (unpaired) electrons. The van der Waals surface area contributed by atoms with Crippen molar-refractivity contribution in [2.45, 2.75) is 26.3 Å². The summed E-state index contributed by atoms with van der Waals surface area (Å²) in [5, 5.41) is 10.3. The quantitative estimate of drug-likeness (QED) is 0.703. The number of fused-ring (bicyclic) bond motifs is 1. The van der Waals surface area contributed by atoms with Crippen LogP contribution in [0.4, 0.5) is 5.13 Å². The highest BCUT2D eigenvalue weighted by atomic mass is 32.1. The number of amides is 1. The highest BCUT2D eigenvalue weighted by Crippen LogP contribution is 2.25. The van der Waals surface area contributed by atoms with Crippen molar-refractivity contribution in [2.75, 3.05) is 5.32 Å². The summed E-state index contributed by atoms with van der Waals surface area (Å²) in [5.74, 6) is 0.640. The van der Waals surface area contributed by atoms with Gasteiger partial charge in [0.1, 0.15) is 12.4 Å². The molecule has 2 N–H and O–H groups in total. The summed E-state index contributed by atoms with van der Waals surface area (Å²) in [6.45, 7) is 2.20. The second-order valence-electron chi connectivity index (χ2n) is 4.82. The Balaban J connectivity index is 1.75. The van der Waals surface area contributed by atoms with Crippen LogP contribution in [-0.2, 0) is 17.8 Å². The van der Waals surface area contributed by atoms with Crippen molar-refractivity contribution in [2.24, 2.45) is 0 Å². The number of nitrogens with one attached hydrogen (secondary N) is 2. The van der Waals surface area contributed by atoms with Crippen LogP contribution in [0, 0.1) is 4.77 Å². The molecule has 3 aromatic rings. The molecule has 1 aromatic carbocycles. The van der Waals surface area contributed by atoms with Crippen LogP contribution in [-0.4, -0.2) is 25.7 Å². The molecule has 0 aliphatic heterocycles. The minimum absolute atomic E-state index is 0.139. The number of aryl methyl sites for hydroxylation is 1. The minimum Gasteiger partial charge on any atom is -0.300 e. The third-order valence-electron chi connectivity index (χ3n) is 3.15. The average Bonchev–Trinajstić information content (AvgIpc) is 3.04. The lowest BCUT2D eigenvalue weighted by Crippen LogP contribution is -2.20. The first-order chi connectivity index (χ1) is 10.7. The molecule has 0 aliphatic rings. The maximum absolute atomic E-state index is 12.2. The molecule has 2 aromatic heterocycles. The fraction of sp³-hybridized carbons (Fsp3) is 0.286. The summed E-state index contributed by atoms with van der Waals surface area (Å²) in [4.78, 5) is 16.6. The van der Waals surface area contributed by atoms with Crippen molar-refractivity contribution >= 4 is 44.8 Å². The number of rotatable bonds is 5. The van der Waals surface area contributed by atoms with Gasteiger partial charge < -0.3 is 5.32 Å². The fourth-order valence-electron chi connectivity index (χ4n) is 2.16. The lowest BCUT2D eigenvalue weighted by atomic mass is 10.3. The van der Waals surface area contributed by atoms with E-state index in [-0.39, 0.29) is 12.5 Å². The van der Waals surface area contributed by atoms with Crippen molar-refractivity contribution in [1.82, 2.24) is 19.7 Å². The fourth-order valence-corrected chi connectivity index (χ4v) is 3.25. The third-order valence-corrected chi connectivity index (χ3v) is 4.42. The molecule has 0 spiro atoms. The zero-order valence-corrected chi connectivity index (χ0v) is 13.6. The molecule has 0 unspecified atom stereocenters. The number of thiazole rings is 1. The predicted molar refractivity (Wildman–Crippen MR) is 89.7 cm³/mol. The van der Waals surface area contributed by atoms with E-state index in [4.69, 9.17) is 12.2 Å². The van der Waals surface area contributed by atoms with Gasteiger partial charge in [0.2, 0.25) is 5.91 Å². The van der Waals surface area contributed by atoms with Crippen LogP contribution in [0.25, 0.3) is 10.2 Å². The number of carbonyl (C=O) groups excluding carboxylic acids is 1. The van der Waals surface area contributed by atoms with Gasteiger partial charge in [-0.15, -0.1) is 0 Å². The standard InChI is InChI=1S/C14H15N5OS2/c1-2-5-11-17-18-14(21)19(11)8-12(20)16-13-15-9-6-3-4-7-10(9)22-13/h3-4,6-7H,2,5,8H2,1H3,(H,18,21)(H,15,16,20). The summed E-state index contributed by atoms with van der Waals surface area (Å²) in [6, 6.07) is 7.78. The van der Waals surface area contributed by atoms with Crippen LogP contribution in [0.15, 0.2) is 24.3 Å². The van der Waals surface area contributed by atoms with E-state index in [1.807, 2.05) is 24.3 Å². The van der Waals surface area contributed by atoms with E-state index in [1.165, 1.54) is 11.3 Å². The zero-order chi connectivity index (χ0) is 15.5. The second-order valence-corrected chi connectivity index (χ2v) is 6.23. The van der Waals surface area contributed by atoms with E-state index < -0.39 is 0 Å². The molecule has 3 rings (SSSR count). The largest absolute Gasteiger partial charge is 0.300 e. The van der Waals surface area contributed by atoms with Gasteiger partial charge in [-0.25, -0.2) is 4.98 Å². The molecule has 0 aliphatic carbocycles. The van der Waals surface area contributed by atoms with E-state index >= 15 is 0 Å². The topological polar surface area (TPSA) is 75.6 Å². The molecule has 114 valence electrons. The SMILES string of the molecule is CCCc1n[nH]c(=S)n1CC(=O)Nc1nc2ccccc2s1. The first-order valence-electron chi connectivity index (χ1n) is 6.97. The first kappa shape index (κ1) is 14.9. The van der Waals surface area contributed by atoms with Crippen LogP contribution in [0.5, 0.6) is 0 Å². The molecular weight excluding hydrogens is 318 g/mol. The van der Waals surface area contributed by atoms with Crippen LogP contribution in [0.3, 0.4) is 0 Å². The minimum atomic E-state index is -0.158. The van der Waals surface area contributed by atoms with Gasteiger partial charge >= 0.3 is 0 Å². The molecule has 2 heterocycles. The van der Waals surface area contributed by atoms with Gasteiger partial charge in [-0.3, -0.25) is 14.5 Å². The smallest absolute Gasteiger partial charge is 0.246 e. The molecular formula is C14H15N5OS2. The second kappa shape index (κ2) is 6.37. The number of anilines is 1. The number of H-pyrrole nitrogens is 1. The number of carbonyl (C=O) groups is 1. The van der Waals surface area contributed by atoms with Gasteiger partial charge in [0, 0.05) is 6.42 Å². The van der Waals surface area contributed by atoms with Crippen LogP contribution < -0.4 is 5.32 Å². The Hall–Kier alpha value is -2.06. The molecule has 0 saturated heterocycles. The van der Waals surface area contributed by atoms with Gasteiger partial charge in [-0.05, 0) is 30.8 Å². The third kappa shape index (κ3) is 3.07. The number of nitrogens with zero attached hydrogens (tertiary/aromatic N) is 3. The van der Waals surface area contributed by atoms with Gasteiger partial charge in [0.05, 0.1) is 10.2 Å². The number of benzene rings is 1. The van der Waals surface area contributed by atoms with Crippen molar-refractivity contribution in [1.29, 1.82) is 0 Å². The summed E-state index contributed by atoms with van der Waals surface area (Å²) in [6.07, 6.45) is 1.72. The number of aromatic nitrogens is 4. The molecule has 1 amide bonds.